The molecule has 1 unspecified atom stereocenters. The van der Waals surface area contributed by atoms with Crippen molar-refractivity contribution in [3.8, 4) is 0 Å². The standard InChI is InChI=1S/C7H15NO2S/c9-11(10)8-6-4-2-1-3-5-7-8/h1-7H2,(H,9,10). The Labute approximate surface area is 70.2 Å². The van der Waals surface area contributed by atoms with Gasteiger partial charge in [0.05, 0.1) is 0 Å². The van der Waals surface area contributed by atoms with Crippen molar-refractivity contribution in [2.75, 3.05) is 13.1 Å². The Kier molecular flexibility index (Phi) is 4.04. The molecular formula is C7H15NO2S. The van der Waals surface area contributed by atoms with Crippen LogP contribution in [-0.4, -0.2) is 26.2 Å². The first-order valence-electron chi connectivity index (χ1n) is 4.16. The molecular weight excluding hydrogens is 162 g/mol. The first kappa shape index (κ1) is 9.16. The number of nitrogens with zero attached hydrogens (tertiary/aromatic N) is 1. The van der Waals surface area contributed by atoms with Crippen LogP contribution in [0.3, 0.4) is 0 Å². The molecule has 0 aliphatic carbocycles. The van der Waals surface area contributed by atoms with Crippen molar-refractivity contribution in [3.05, 3.63) is 0 Å². The lowest BCUT2D eigenvalue weighted by atomic mass is 10.1. The maximum absolute atomic E-state index is 10.7. The molecule has 0 aromatic carbocycles. The molecule has 4 heteroatoms. The predicted octanol–water partition coefficient (Wildman–Crippen LogP) is 1.39. The Bertz CT molecular complexity index is 132. The van der Waals surface area contributed by atoms with Crippen molar-refractivity contribution in [2.24, 2.45) is 0 Å². The lowest BCUT2D eigenvalue weighted by Gasteiger charge is -2.19. The van der Waals surface area contributed by atoms with Gasteiger partial charge in [-0.3, -0.25) is 4.55 Å². The van der Waals surface area contributed by atoms with E-state index in [4.69, 9.17) is 4.55 Å². The van der Waals surface area contributed by atoms with E-state index in [0.29, 0.717) is 0 Å². The maximum Gasteiger partial charge on any atom is 0.234 e. The Morgan fingerprint density at radius 2 is 1.45 bits per heavy atom. The SMILES string of the molecule is O=S(O)N1CCCCCCC1. The average Bonchev–Trinajstić information content (AvgIpc) is 1.84. The highest BCUT2D eigenvalue weighted by Gasteiger charge is 2.11. The fourth-order valence-electron chi connectivity index (χ4n) is 1.37. The molecule has 0 bridgehead atoms. The summed E-state index contributed by atoms with van der Waals surface area (Å²) in [4.78, 5) is 0. The third kappa shape index (κ3) is 3.31. The van der Waals surface area contributed by atoms with Crippen LogP contribution in [0.5, 0.6) is 0 Å². The quantitative estimate of drug-likeness (QED) is 0.615. The summed E-state index contributed by atoms with van der Waals surface area (Å²) in [5.74, 6) is 0. The van der Waals surface area contributed by atoms with E-state index in [-0.39, 0.29) is 0 Å². The topological polar surface area (TPSA) is 40.5 Å². The molecule has 1 rings (SSSR count). The summed E-state index contributed by atoms with van der Waals surface area (Å²) in [7, 11) is 0. The zero-order valence-electron chi connectivity index (χ0n) is 6.66. The van der Waals surface area contributed by atoms with Gasteiger partial charge in [-0.15, -0.1) is 0 Å². The van der Waals surface area contributed by atoms with Gasteiger partial charge >= 0.3 is 0 Å². The van der Waals surface area contributed by atoms with Crippen molar-refractivity contribution >= 4 is 11.3 Å². The highest BCUT2D eigenvalue weighted by atomic mass is 32.2. The van der Waals surface area contributed by atoms with Crippen molar-refractivity contribution < 1.29 is 8.76 Å². The van der Waals surface area contributed by atoms with Gasteiger partial charge in [-0.2, -0.15) is 0 Å². The number of hydrogen-bond donors (Lipinski definition) is 1. The van der Waals surface area contributed by atoms with Gasteiger partial charge < -0.3 is 0 Å². The molecule has 1 atom stereocenters. The number of rotatable bonds is 1. The molecule has 1 fully saturated rings. The monoisotopic (exact) mass is 177 g/mol. The fourth-order valence-corrected chi connectivity index (χ4v) is 1.95. The van der Waals surface area contributed by atoms with Gasteiger partial charge in [0.25, 0.3) is 0 Å². The predicted molar refractivity (Wildman–Crippen MR) is 45.4 cm³/mol. The maximum atomic E-state index is 10.7. The zero-order valence-corrected chi connectivity index (χ0v) is 7.48. The molecule has 0 radical (unpaired) electrons. The van der Waals surface area contributed by atoms with E-state index in [0.717, 1.165) is 25.9 Å². The molecule has 66 valence electrons. The van der Waals surface area contributed by atoms with Crippen LogP contribution in [0.15, 0.2) is 0 Å². The summed E-state index contributed by atoms with van der Waals surface area (Å²) >= 11 is -1.74. The summed E-state index contributed by atoms with van der Waals surface area (Å²) in [6, 6.07) is 0. The molecule has 3 nitrogen and oxygen atoms in total. The Morgan fingerprint density at radius 1 is 1.00 bits per heavy atom. The van der Waals surface area contributed by atoms with Gasteiger partial charge in [-0.1, -0.05) is 19.3 Å². The average molecular weight is 177 g/mol. The summed E-state index contributed by atoms with van der Waals surface area (Å²) in [5.41, 5.74) is 0. The van der Waals surface area contributed by atoms with E-state index in [9.17, 15) is 4.21 Å². The van der Waals surface area contributed by atoms with Gasteiger partial charge in [-0.25, -0.2) is 8.51 Å². The highest BCUT2D eigenvalue weighted by Crippen LogP contribution is 2.10. The molecule has 1 heterocycles. The number of hydrogen-bond acceptors (Lipinski definition) is 1. The largest absolute Gasteiger partial charge is 0.294 e. The lowest BCUT2D eigenvalue weighted by molar-refractivity contribution is 0.355. The summed E-state index contributed by atoms with van der Waals surface area (Å²) in [6.07, 6.45) is 5.81. The van der Waals surface area contributed by atoms with Gasteiger partial charge in [0.2, 0.25) is 11.3 Å². The van der Waals surface area contributed by atoms with Gasteiger partial charge in [0.1, 0.15) is 0 Å². The van der Waals surface area contributed by atoms with Crippen LogP contribution in [0.1, 0.15) is 32.1 Å². The summed E-state index contributed by atoms with van der Waals surface area (Å²) in [5, 5.41) is 0. The zero-order chi connectivity index (χ0) is 8.10. The smallest absolute Gasteiger partial charge is 0.234 e. The van der Waals surface area contributed by atoms with Crippen molar-refractivity contribution in [1.29, 1.82) is 0 Å². The molecule has 0 amide bonds. The molecule has 0 spiro atoms. The minimum atomic E-state index is -1.74. The van der Waals surface area contributed by atoms with Crippen LogP contribution in [0, 0.1) is 0 Å². The molecule has 1 saturated heterocycles. The van der Waals surface area contributed by atoms with Crippen LogP contribution in [0.4, 0.5) is 0 Å². The van der Waals surface area contributed by atoms with Crippen LogP contribution in [0.2, 0.25) is 0 Å². The third-order valence-corrected chi connectivity index (χ3v) is 2.84. The van der Waals surface area contributed by atoms with E-state index >= 15 is 0 Å². The van der Waals surface area contributed by atoms with E-state index in [1.807, 2.05) is 0 Å². The van der Waals surface area contributed by atoms with Crippen molar-refractivity contribution in [2.45, 2.75) is 32.1 Å². The Morgan fingerprint density at radius 3 is 1.91 bits per heavy atom. The normalized spacial score (nSPS) is 25.5. The van der Waals surface area contributed by atoms with Crippen LogP contribution in [0.25, 0.3) is 0 Å². The highest BCUT2D eigenvalue weighted by molar-refractivity contribution is 7.76. The molecule has 1 aliphatic rings. The van der Waals surface area contributed by atoms with Crippen molar-refractivity contribution in [3.63, 3.8) is 0 Å². The van der Waals surface area contributed by atoms with E-state index in [2.05, 4.69) is 0 Å². The second kappa shape index (κ2) is 4.85. The van der Waals surface area contributed by atoms with Crippen LogP contribution in [-0.2, 0) is 11.3 Å². The molecule has 1 N–H and O–H groups in total. The van der Waals surface area contributed by atoms with E-state index in [1.54, 1.807) is 4.31 Å². The van der Waals surface area contributed by atoms with E-state index in [1.165, 1.54) is 19.3 Å². The van der Waals surface area contributed by atoms with Gasteiger partial charge in [0, 0.05) is 13.1 Å². The molecule has 0 saturated carbocycles. The summed E-state index contributed by atoms with van der Waals surface area (Å²) in [6.45, 7) is 1.56. The third-order valence-electron chi connectivity index (χ3n) is 2.04. The van der Waals surface area contributed by atoms with Crippen molar-refractivity contribution in [1.82, 2.24) is 4.31 Å². The second-order valence-corrected chi connectivity index (χ2v) is 3.91. The molecule has 1 aliphatic heterocycles. The first-order valence-corrected chi connectivity index (χ1v) is 5.23. The Hall–Kier alpha value is 0.0700. The van der Waals surface area contributed by atoms with Crippen LogP contribution < -0.4 is 0 Å². The van der Waals surface area contributed by atoms with E-state index < -0.39 is 11.3 Å². The lowest BCUT2D eigenvalue weighted by Crippen LogP contribution is -2.28. The fraction of sp³-hybridized carbons (Fsp3) is 1.00. The Balaban J connectivity index is 2.32. The minimum Gasteiger partial charge on any atom is -0.294 e. The molecule has 0 aromatic rings. The first-order chi connectivity index (χ1) is 5.30. The summed E-state index contributed by atoms with van der Waals surface area (Å²) < 4.78 is 21.1. The van der Waals surface area contributed by atoms with Gasteiger partial charge in [0.15, 0.2) is 0 Å². The van der Waals surface area contributed by atoms with Gasteiger partial charge in [-0.05, 0) is 12.8 Å². The molecule has 11 heavy (non-hydrogen) atoms. The van der Waals surface area contributed by atoms with Crippen LogP contribution >= 0.6 is 0 Å². The second-order valence-electron chi connectivity index (χ2n) is 2.93. The minimum absolute atomic E-state index is 0.781. The molecule has 0 aromatic heterocycles.